The number of nitrogen functional groups attached to an aromatic ring is 1. The summed E-state index contributed by atoms with van der Waals surface area (Å²) >= 11 is 0. The predicted molar refractivity (Wildman–Crippen MR) is 61.4 cm³/mol. The first-order valence-corrected chi connectivity index (χ1v) is 5.70. The summed E-state index contributed by atoms with van der Waals surface area (Å²) in [6, 6.07) is 5.07. The second-order valence-electron chi connectivity index (χ2n) is 3.33. The number of fused-ring (bicyclic) bond motifs is 1. The van der Waals surface area contributed by atoms with Crippen LogP contribution in [0.1, 0.15) is 10.4 Å². The number of amides is 1. The third kappa shape index (κ3) is 1.92. The Hall–Kier alpha value is -1.44. The van der Waals surface area contributed by atoms with Gasteiger partial charge in [0.25, 0.3) is 5.91 Å². The molecule has 2 rings (SSSR count). The smallest absolute Gasteiger partial charge is 0.265 e. The Kier molecular flexibility index (Phi) is 3.63. The summed E-state index contributed by atoms with van der Waals surface area (Å²) in [4.78, 5) is 13.8. The number of carbonyl (C=O) groups excluding carboxylic acids is 1. The number of hydrogen-bond donors (Lipinski definition) is 2. The van der Waals surface area contributed by atoms with Crippen molar-refractivity contribution in [1.82, 2.24) is 5.43 Å². The molecule has 0 spiro atoms. The molecule has 0 saturated carbocycles. The van der Waals surface area contributed by atoms with Crippen LogP contribution in [0.4, 0.5) is 5.69 Å². The fourth-order valence-corrected chi connectivity index (χ4v) is 2.90. The van der Waals surface area contributed by atoms with E-state index in [9.17, 15) is 9.00 Å². The van der Waals surface area contributed by atoms with E-state index >= 15 is 0 Å². The van der Waals surface area contributed by atoms with Crippen LogP contribution in [0.25, 0.3) is 0 Å². The third-order valence-electron chi connectivity index (χ3n) is 2.32. The first kappa shape index (κ1) is 12.6. The van der Waals surface area contributed by atoms with Crippen molar-refractivity contribution in [1.29, 1.82) is 0 Å². The molecule has 6 nitrogen and oxygen atoms in total. The van der Waals surface area contributed by atoms with Crippen molar-refractivity contribution in [3.8, 4) is 0 Å². The fourth-order valence-electron chi connectivity index (χ4n) is 1.55. The van der Waals surface area contributed by atoms with Gasteiger partial charge in [-0.05, 0) is 18.2 Å². The van der Waals surface area contributed by atoms with E-state index in [4.69, 9.17) is 5.84 Å². The Balaban J connectivity index is 0.00000128. The summed E-state index contributed by atoms with van der Waals surface area (Å²) < 4.78 is 11.6. The Morgan fingerprint density at radius 3 is 2.88 bits per heavy atom. The highest BCUT2D eigenvalue weighted by atomic mass is 32.2. The first-order valence-electron chi connectivity index (χ1n) is 4.38. The van der Waals surface area contributed by atoms with Gasteiger partial charge in [0.2, 0.25) is 0 Å². The minimum atomic E-state index is -1.05. The van der Waals surface area contributed by atoms with Gasteiger partial charge in [0.05, 0.1) is 27.3 Å². The number of carbonyl (C=O) groups is 1. The minimum Gasteiger partial charge on any atom is -0.412 e. The van der Waals surface area contributed by atoms with Crippen LogP contribution in [0, 0.1) is 0 Å². The van der Waals surface area contributed by atoms with Gasteiger partial charge in [-0.25, -0.2) is 5.84 Å². The monoisotopic (exact) mass is 243 g/mol. The average Bonchev–Trinajstić information content (AvgIpc) is 2.53. The largest absolute Gasteiger partial charge is 0.412 e. The Morgan fingerprint density at radius 2 is 2.25 bits per heavy atom. The fraction of sp³-hybridized carbons (Fsp3) is 0.222. The molecule has 1 aromatic rings. The molecule has 5 N–H and O–H groups in total. The van der Waals surface area contributed by atoms with Crippen molar-refractivity contribution >= 4 is 22.4 Å². The van der Waals surface area contributed by atoms with Gasteiger partial charge < -0.3 is 10.4 Å². The maximum absolute atomic E-state index is 11.6. The SMILES string of the molecule is CN1CS(=O)c2cc(C(=O)NN)ccc21.O. The first-order chi connectivity index (χ1) is 7.13. The van der Waals surface area contributed by atoms with E-state index in [0.29, 0.717) is 16.3 Å². The summed E-state index contributed by atoms with van der Waals surface area (Å²) in [6.45, 7) is 0. The molecular weight excluding hydrogens is 230 g/mol. The summed E-state index contributed by atoms with van der Waals surface area (Å²) in [6.07, 6.45) is 0. The second-order valence-corrected chi connectivity index (χ2v) is 4.72. The maximum Gasteiger partial charge on any atom is 0.265 e. The maximum atomic E-state index is 11.6. The number of nitrogens with one attached hydrogen (secondary N) is 1. The van der Waals surface area contributed by atoms with Crippen LogP contribution in [0.2, 0.25) is 0 Å². The summed E-state index contributed by atoms with van der Waals surface area (Å²) in [5.41, 5.74) is 3.38. The molecule has 1 aliphatic rings. The molecular formula is C9H13N3O3S. The molecule has 1 amide bonds. The van der Waals surface area contributed by atoms with Crippen LogP contribution in [0.5, 0.6) is 0 Å². The summed E-state index contributed by atoms with van der Waals surface area (Å²) in [5.74, 6) is 5.13. The minimum absolute atomic E-state index is 0. The third-order valence-corrected chi connectivity index (χ3v) is 3.76. The van der Waals surface area contributed by atoms with Gasteiger partial charge in [0.1, 0.15) is 0 Å². The predicted octanol–water partition coefficient (Wildman–Crippen LogP) is -1.02. The standard InChI is InChI=1S/C9H11N3O2S.H2O/c1-12-5-15(14)8-4-6(9(13)11-10)2-3-7(8)12;/h2-4H,5,10H2,1H3,(H,11,13);1H2. The average molecular weight is 243 g/mol. The molecule has 7 heteroatoms. The van der Waals surface area contributed by atoms with Crippen molar-refractivity contribution in [2.24, 2.45) is 5.84 Å². The molecule has 1 heterocycles. The molecule has 16 heavy (non-hydrogen) atoms. The van der Waals surface area contributed by atoms with E-state index in [1.165, 1.54) is 0 Å². The van der Waals surface area contributed by atoms with E-state index in [0.717, 1.165) is 5.69 Å². The van der Waals surface area contributed by atoms with Gasteiger partial charge in [-0.1, -0.05) is 0 Å². The van der Waals surface area contributed by atoms with Gasteiger partial charge in [-0.2, -0.15) is 0 Å². The zero-order valence-corrected chi connectivity index (χ0v) is 9.50. The molecule has 0 aromatic heterocycles. The highest BCUT2D eigenvalue weighted by molar-refractivity contribution is 7.85. The Bertz CT molecular complexity index is 450. The number of nitrogens with two attached hydrogens (primary N) is 1. The van der Waals surface area contributed by atoms with Crippen molar-refractivity contribution in [2.75, 3.05) is 17.8 Å². The lowest BCUT2D eigenvalue weighted by Crippen LogP contribution is -2.29. The Labute approximate surface area is 95.2 Å². The van der Waals surface area contributed by atoms with E-state index in [1.807, 2.05) is 17.4 Å². The van der Waals surface area contributed by atoms with Crippen LogP contribution in [-0.4, -0.2) is 28.5 Å². The summed E-state index contributed by atoms with van der Waals surface area (Å²) in [7, 11) is 0.816. The molecule has 0 saturated heterocycles. The lowest BCUT2D eigenvalue weighted by molar-refractivity contribution is 0.0953. The number of nitrogens with zero attached hydrogens (tertiary/aromatic N) is 1. The zero-order valence-electron chi connectivity index (χ0n) is 8.69. The molecule has 1 aromatic carbocycles. The number of benzene rings is 1. The molecule has 1 unspecified atom stereocenters. The van der Waals surface area contributed by atoms with Crippen LogP contribution in [-0.2, 0) is 10.8 Å². The van der Waals surface area contributed by atoms with Crippen molar-refractivity contribution in [3.63, 3.8) is 0 Å². The quantitative estimate of drug-likeness (QED) is 0.374. The van der Waals surface area contributed by atoms with E-state index in [-0.39, 0.29) is 11.4 Å². The van der Waals surface area contributed by atoms with Crippen LogP contribution < -0.4 is 16.2 Å². The Morgan fingerprint density at radius 1 is 1.56 bits per heavy atom. The number of anilines is 1. The number of hydrazine groups is 1. The van der Waals surface area contributed by atoms with Crippen LogP contribution in [0.15, 0.2) is 23.1 Å². The van der Waals surface area contributed by atoms with Gasteiger partial charge in [0.15, 0.2) is 0 Å². The van der Waals surface area contributed by atoms with Crippen molar-refractivity contribution in [2.45, 2.75) is 4.90 Å². The van der Waals surface area contributed by atoms with Crippen molar-refractivity contribution < 1.29 is 14.5 Å². The number of rotatable bonds is 1. The highest BCUT2D eigenvalue weighted by Crippen LogP contribution is 2.30. The van der Waals surface area contributed by atoms with E-state index in [1.54, 1.807) is 18.2 Å². The van der Waals surface area contributed by atoms with Crippen LogP contribution in [0.3, 0.4) is 0 Å². The molecule has 1 aliphatic heterocycles. The molecule has 88 valence electrons. The lowest BCUT2D eigenvalue weighted by atomic mass is 10.2. The van der Waals surface area contributed by atoms with Crippen molar-refractivity contribution in [3.05, 3.63) is 23.8 Å². The van der Waals surface area contributed by atoms with Gasteiger partial charge in [-0.3, -0.25) is 14.4 Å². The van der Waals surface area contributed by atoms with E-state index in [2.05, 4.69) is 0 Å². The van der Waals surface area contributed by atoms with Crippen LogP contribution >= 0.6 is 0 Å². The van der Waals surface area contributed by atoms with E-state index < -0.39 is 10.8 Å². The highest BCUT2D eigenvalue weighted by Gasteiger charge is 2.23. The normalized spacial score (nSPS) is 17.6. The molecule has 1 atom stereocenters. The second kappa shape index (κ2) is 4.60. The number of hydrogen-bond acceptors (Lipinski definition) is 4. The molecule has 0 fully saturated rings. The van der Waals surface area contributed by atoms with Gasteiger partial charge in [-0.15, -0.1) is 0 Å². The molecule has 0 aliphatic carbocycles. The van der Waals surface area contributed by atoms with Gasteiger partial charge in [0, 0.05) is 12.6 Å². The molecule has 0 bridgehead atoms. The lowest BCUT2D eigenvalue weighted by Gasteiger charge is -2.09. The zero-order chi connectivity index (χ0) is 11.0. The van der Waals surface area contributed by atoms with Gasteiger partial charge >= 0.3 is 0 Å². The topological polar surface area (TPSA) is 107 Å². The summed E-state index contributed by atoms with van der Waals surface area (Å²) in [5, 5.41) is 0. The molecule has 0 radical (unpaired) electrons.